The predicted octanol–water partition coefficient (Wildman–Crippen LogP) is 1.71. The SMILES string of the molecule is CN(C)c1ccc2oc(C=O)nc2c1. The third-order valence-electron chi connectivity index (χ3n) is 2.00. The lowest BCUT2D eigenvalue weighted by atomic mass is 10.3. The summed E-state index contributed by atoms with van der Waals surface area (Å²) in [7, 11) is 3.89. The maximum atomic E-state index is 10.4. The highest BCUT2D eigenvalue weighted by molar-refractivity contribution is 5.81. The highest BCUT2D eigenvalue weighted by atomic mass is 16.4. The van der Waals surface area contributed by atoms with Crippen molar-refractivity contribution in [2.75, 3.05) is 19.0 Å². The summed E-state index contributed by atoms with van der Waals surface area (Å²) in [5, 5.41) is 0. The molecule has 0 saturated carbocycles. The fraction of sp³-hybridized carbons (Fsp3) is 0.200. The maximum absolute atomic E-state index is 10.4. The number of aromatic nitrogens is 1. The van der Waals surface area contributed by atoms with Crippen molar-refractivity contribution in [2.24, 2.45) is 0 Å². The summed E-state index contributed by atoms with van der Waals surface area (Å²) < 4.78 is 5.15. The molecule has 0 atom stereocenters. The Balaban J connectivity index is 2.59. The van der Waals surface area contributed by atoms with Crippen molar-refractivity contribution >= 4 is 23.1 Å². The minimum absolute atomic E-state index is 0.121. The molecule has 0 spiro atoms. The van der Waals surface area contributed by atoms with E-state index < -0.39 is 0 Å². The van der Waals surface area contributed by atoms with Crippen LogP contribution in [-0.4, -0.2) is 25.4 Å². The molecule has 14 heavy (non-hydrogen) atoms. The van der Waals surface area contributed by atoms with E-state index in [0.717, 1.165) is 5.69 Å². The van der Waals surface area contributed by atoms with Gasteiger partial charge in [-0.2, -0.15) is 0 Å². The number of oxazole rings is 1. The Bertz CT molecular complexity index is 474. The molecule has 1 heterocycles. The largest absolute Gasteiger partial charge is 0.434 e. The van der Waals surface area contributed by atoms with Crippen LogP contribution in [0.4, 0.5) is 5.69 Å². The number of rotatable bonds is 2. The first-order valence-corrected chi connectivity index (χ1v) is 4.24. The highest BCUT2D eigenvalue weighted by Gasteiger charge is 2.05. The van der Waals surface area contributed by atoms with Gasteiger partial charge in [-0.1, -0.05) is 0 Å². The molecule has 0 aliphatic carbocycles. The van der Waals surface area contributed by atoms with Crippen molar-refractivity contribution in [1.29, 1.82) is 0 Å². The summed E-state index contributed by atoms with van der Waals surface area (Å²) in [6.45, 7) is 0. The molecule has 0 saturated heterocycles. The Kier molecular flexibility index (Phi) is 1.96. The molecule has 0 radical (unpaired) electrons. The molecule has 0 aliphatic heterocycles. The van der Waals surface area contributed by atoms with Crippen molar-refractivity contribution in [1.82, 2.24) is 4.98 Å². The van der Waals surface area contributed by atoms with E-state index in [4.69, 9.17) is 4.42 Å². The lowest BCUT2D eigenvalue weighted by Crippen LogP contribution is -2.07. The van der Waals surface area contributed by atoms with Gasteiger partial charge in [0.05, 0.1) is 0 Å². The van der Waals surface area contributed by atoms with Gasteiger partial charge < -0.3 is 9.32 Å². The van der Waals surface area contributed by atoms with Crippen LogP contribution < -0.4 is 4.90 Å². The molecular weight excluding hydrogens is 180 g/mol. The van der Waals surface area contributed by atoms with Gasteiger partial charge in [-0.15, -0.1) is 0 Å². The van der Waals surface area contributed by atoms with E-state index in [0.29, 0.717) is 17.4 Å². The van der Waals surface area contributed by atoms with E-state index >= 15 is 0 Å². The van der Waals surface area contributed by atoms with Crippen LogP contribution in [0.2, 0.25) is 0 Å². The van der Waals surface area contributed by atoms with Crippen molar-refractivity contribution in [3.8, 4) is 0 Å². The first kappa shape index (κ1) is 8.74. The number of nitrogens with zero attached hydrogens (tertiary/aromatic N) is 2. The van der Waals surface area contributed by atoms with Gasteiger partial charge in [0.15, 0.2) is 5.58 Å². The third-order valence-corrected chi connectivity index (χ3v) is 2.00. The molecule has 0 bridgehead atoms. The van der Waals surface area contributed by atoms with E-state index in [1.165, 1.54) is 0 Å². The van der Waals surface area contributed by atoms with E-state index in [9.17, 15) is 4.79 Å². The van der Waals surface area contributed by atoms with E-state index in [1.807, 2.05) is 37.2 Å². The Morgan fingerprint density at radius 2 is 2.21 bits per heavy atom. The molecule has 72 valence electrons. The normalized spacial score (nSPS) is 10.4. The predicted molar refractivity (Wildman–Crippen MR) is 53.7 cm³/mol. The molecule has 2 aromatic rings. The Labute approximate surface area is 81.1 Å². The fourth-order valence-electron chi connectivity index (χ4n) is 1.26. The minimum atomic E-state index is 0.121. The van der Waals surface area contributed by atoms with Gasteiger partial charge >= 0.3 is 0 Å². The molecule has 4 nitrogen and oxygen atoms in total. The molecule has 0 fully saturated rings. The lowest BCUT2D eigenvalue weighted by Gasteiger charge is -2.10. The van der Waals surface area contributed by atoms with Crippen LogP contribution in [-0.2, 0) is 0 Å². The third kappa shape index (κ3) is 1.35. The Morgan fingerprint density at radius 1 is 1.43 bits per heavy atom. The second kappa shape index (κ2) is 3.14. The van der Waals surface area contributed by atoms with Crippen molar-refractivity contribution in [3.63, 3.8) is 0 Å². The number of hydrogen-bond donors (Lipinski definition) is 0. The van der Waals surface area contributed by atoms with Crippen LogP contribution in [0.1, 0.15) is 10.7 Å². The van der Waals surface area contributed by atoms with Crippen LogP contribution in [0.5, 0.6) is 0 Å². The van der Waals surface area contributed by atoms with Crippen LogP contribution in [0.15, 0.2) is 22.6 Å². The smallest absolute Gasteiger partial charge is 0.260 e. The molecule has 2 rings (SSSR count). The van der Waals surface area contributed by atoms with Gasteiger partial charge in [0.25, 0.3) is 5.89 Å². The molecule has 1 aromatic heterocycles. The number of carbonyl (C=O) groups is 1. The number of hydrogen-bond acceptors (Lipinski definition) is 4. The van der Waals surface area contributed by atoms with E-state index in [-0.39, 0.29) is 5.89 Å². The van der Waals surface area contributed by atoms with Crippen molar-refractivity contribution in [3.05, 3.63) is 24.1 Å². The maximum Gasteiger partial charge on any atom is 0.260 e. The van der Waals surface area contributed by atoms with Crippen molar-refractivity contribution in [2.45, 2.75) is 0 Å². The number of aldehydes is 1. The van der Waals surface area contributed by atoms with Crippen molar-refractivity contribution < 1.29 is 9.21 Å². The van der Waals surface area contributed by atoms with Gasteiger partial charge in [-0.05, 0) is 18.2 Å². The molecule has 0 amide bonds. The zero-order chi connectivity index (χ0) is 10.1. The number of carbonyl (C=O) groups excluding carboxylic acids is 1. The molecule has 1 aromatic carbocycles. The zero-order valence-electron chi connectivity index (χ0n) is 8.02. The zero-order valence-corrected chi connectivity index (χ0v) is 8.02. The minimum Gasteiger partial charge on any atom is -0.434 e. The fourth-order valence-corrected chi connectivity index (χ4v) is 1.26. The average Bonchev–Trinajstić information content (AvgIpc) is 2.58. The first-order valence-electron chi connectivity index (χ1n) is 4.24. The average molecular weight is 190 g/mol. The summed E-state index contributed by atoms with van der Waals surface area (Å²) in [5.74, 6) is 0.121. The van der Waals surface area contributed by atoms with Gasteiger partial charge in [-0.25, -0.2) is 4.98 Å². The van der Waals surface area contributed by atoms with Crippen LogP contribution in [0.25, 0.3) is 11.1 Å². The summed E-state index contributed by atoms with van der Waals surface area (Å²) in [6.07, 6.45) is 0.606. The lowest BCUT2D eigenvalue weighted by molar-refractivity contribution is 0.109. The van der Waals surface area contributed by atoms with Gasteiger partial charge in [-0.3, -0.25) is 4.79 Å². The molecule has 0 N–H and O–H groups in total. The van der Waals surface area contributed by atoms with Crippen LogP contribution in [0.3, 0.4) is 0 Å². The molecule has 0 unspecified atom stereocenters. The standard InChI is InChI=1S/C10H10N2O2/c1-12(2)7-3-4-9-8(5-7)11-10(6-13)14-9/h3-6H,1-2H3. The summed E-state index contributed by atoms with van der Waals surface area (Å²) in [5.41, 5.74) is 2.37. The van der Waals surface area contributed by atoms with Gasteiger partial charge in [0.1, 0.15) is 5.52 Å². The summed E-state index contributed by atoms with van der Waals surface area (Å²) >= 11 is 0. The van der Waals surface area contributed by atoms with Gasteiger partial charge in [0, 0.05) is 19.8 Å². The van der Waals surface area contributed by atoms with Gasteiger partial charge in [0.2, 0.25) is 6.29 Å². The quantitative estimate of drug-likeness (QED) is 0.676. The van der Waals surface area contributed by atoms with Crippen LogP contribution >= 0.6 is 0 Å². The van der Waals surface area contributed by atoms with Crippen LogP contribution in [0, 0.1) is 0 Å². The second-order valence-electron chi connectivity index (χ2n) is 3.22. The molecule has 4 heteroatoms. The Hall–Kier alpha value is -1.84. The first-order chi connectivity index (χ1) is 6.70. The monoisotopic (exact) mass is 190 g/mol. The molecular formula is C10H10N2O2. The Morgan fingerprint density at radius 3 is 2.86 bits per heavy atom. The molecule has 0 aliphatic rings. The topological polar surface area (TPSA) is 46.3 Å². The number of fused-ring (bicyclic) bond motifs is 1. The number of benzene rings is 1. The van der Waals surface area contributed by atoms with E-state index in [1.54, 1.807) is 0 Å². The highest BCUT2D eigenvalue weighted by Crippen LogP contribution is 2.20. The summed E-state index contributed by atoms with van der Waals surface area (Å²) in [6, 6.07) is 5.61. The number of anilines is 1. The second-order valence-corrected chi connectivity index (χ2v) is 3.22. The summed E-state index contributed by atoms with van der Waals surface area (Å²) in [4.78, 5) is 16.4. The van der Waals surface area contributed by atoms with E-state index in [2.05, 4.69) is 4.98 Å².